The molecule has 2 amide bonds. The fraction of sp³-hybridized carbons (Fsp3) is 0.333. The second kappa shape index (κ2) is 7.80. The maximum absolute atomic E-state index is 12.7. The number of hydrogen-bond donors (Lipinski definition) is 3. The van der Waals surface area contributed by atoms with E-state index < -0.39 is 0 Å². The van der Waals surface area contributed by atoms with Gasteiger partial charge in [-0.25, -0.2) is 9.59 Å². The molecule has 0 atom stereocenters. The van der Waals surface area contributed by atoms with Gasteiger partial charge in [0.15, 0.2) is 0 Å². The van der Waals surface area contributed by atoms with Crippen LogP contribution in [0.5, 0.6) is 5.75 Å². The summed E-state index contributed by atoms with van der Waals surface area (Å²) in [4.78, 5) is 29.5. The van der Waals surface area contributed by atoms with E-state index in [1.165, 1.54) is 0 Å². The van der Waals surface area contributed by atoms with Crippen molar-refractivity contribution in [3.05, 3.63) is 64.6 Å². The van der Waals surface area contributed by atoms with E-state index in [0.717, 1.165) is 36.0 Å². The molecule has 0 spiro atoms. The topological polar surface area (TPSA) is 90.4 Å². The van der Waals surface area contributed by atoms with Crippen LogP contribution in [-0.4, -0.2) is 38.7 Å². The molecular weight excluding hydrogens is 356 g/mol. The Kier molecular flexibility index (Phi) is 5.06. The first-order chi connectivity index (χ1) is 13.6. The van der Waals surface area contributed by atoms with Gasteiger partial charge < -0.3 is 20.3 Å². The lowest BCUT2D eigenvalue weighted by molar-refractivity contribution is 0.192. The minimum Gasteiger partial charge on any atom is -0.508 e. The molecule has 4 rings (SSSR count). The molecule has 1 aromatic heterocycles. The number of aromatic amines is 1. The number of para-hydroxylation sites is 2. The van der Waals surface area contributed by atoms with Crippen molar-refractivity contribution < 1.29 is 9.90 Å². The Labute approximate surface area is 162 Å². The highest BCUT2D eigenvalue weighted by atomic mass is 16.3. The van der Waals surface area contributed by atoms with Crippen LogP contribution in [0.3, 0.4) is 0 Å². The van der Waals surface area contributed by atoms with E-state index in [9.17, 15) is 14.7 Å². The summed E-state index contributed by atoms with van der Waals surface area (Å²) in [5, 5.41) is 12.4. The highest BCUT2D eigenvalue weighted by molar-refractivity contribution is 5.75. The molecule has 1 aliphatic carbocycles. The molecule has 3 N–H and O–H groups in total. The van der Waals surface area contributed by atoms with Gasteiger partial charge in [-0.05, 0) is 48.6 Å². The smallest absolute Gasteiger partial charge is 0.326 e. The van der Waals surface area contributed by atoms with Gasteiger partial charge in [-0.3, -0.25) is 4.57 Å². The fourth-order valence-corrected chi connectivity index (χ4v) is 3.37. The zero-order chi connectivity index (χ0) is 19.5. The highest BCUT2D eigenvalue weighted by Gasteiger charge is 2.26. The van der Waals surface area contributed by atoms with E-state index in [1.807, 2.05) is 41.3 Å². The van der Waals surface area contributed by atoms with Crippen LogP contribution in [0.25, 0.3) is 11.0 Å². The number of H-pyrrole nitrogens is 1. The average Bonchev–Trinajstić information content (AvgIpc) is 3.45. The summed E-state index contributed by atoms with van der Waals surface area (Å²) < 4.78 is 1.64. The van der Waals surface area contributed by atoms with Crippen LogP contribution >= 0.6 is 0 Å². The van der Waals surface area contributed by atoms with Crippen LogP contribution in [0.15, 0.2) is 53.3 Å². The van der Waals surface area contributed by atoms with E-state index in [0.29, 0.717) is 25.6 Å². The van der Waals surface area contributed by atoms with E-state index in [-0.39, 0.29) is 17.5 Å². The standard InChI is InChI=1S/C21H24N4O3/c26-17-9-7-16(8-10-17)14-24(13-15-5-6-15)20(27)22-11-12-25-19-4-2-1-3-18(19)23-21(25)28/h1-4,7-10,15,26H,5-6,11-14H2,(H,22,27)(H,23,28). The van der Waals surface area contributed by atoms with Crippen molar-refractivity contribution in [1.82, 2.24) is 19.8 Å². The molecule has 7 nitrogen and oxygen atoms in total. The maximum Gasteiger partial charge on any atom is 0.326 e. The SMILES string of the molecule is O=C(NCCn1c(=O)[nH]c2ccccc21)N(Cc1ccc(O)cc1)CC1CC1. The van der Waals surface area contributed by atoms with Gasteiger partial charge in [-0.15, -0.1) is 0 Å². The Bertz CT molecular complexity index is 1020. The number of fused-ring (bicyclic) bond motifs is 1. The lowest BCUT2D eigenvalue weighted by Crippen LogP contribution is -2.42. The number of amides is 2. The molecule has 1 saturated carbocycles. The monoisotopic (exact) mass is 380 g/mol. The van der Waals surface area contributed by atoms with Crippen molar-refractivity contribution in [1.29, 1.82) is 0 Å². The second-order valence-corrected chi connectivity index (χ2v) is 7.32. The highest BCUT2D eigenvalue weighted by Crippen LogP contribution is 2.30. The number of aromatic nitrogens is 2. The largest absolute Gasteiger partial charge is 0.508 e. The number of phenolic OH excluding ortho intramolecular Hbond substituents is 1. The van der Waals surface area contributed by atoms with Crippen LogP contribution in [0.1, 0.15) is 18.4 Å². The Morgan fingerprint density at radius 3 is 2.68 bits per heavy atom. The van der Waals surface area contributed by atoms with Gasteiger partial charge in [-0.1, -0.05) is 24.3 Å². The molecule has 0 unspecified atom stereocenters. The summed E-state index contributed by atoms with van der Waals surface area (Å²) in [6.45, 7) is 2.00. The number of nitrogens with one attached hydrogen (secondary N) is 2. The summed E-state index contributed by atoms with van der Waals surface area (Å²) in [6, 6.07) is 14.3. The van der Waals surface area contributed by atoms with Crippen LogP contribution in [-0.2, 0) is 13.1 Å². The number of carbonyl (C=O) groups is 1. The van der Waals surface area contributed by atoms with Gasteiger partial charge in [0.1, 0.15) is 5.75 Å². The van der Waals surface area contributed by atoms with Crippen LogP contribution in [0, 0.1) is 5.92 Å². The minimum absolute atomic E-state index is 0.132. The molecule has 0 bridgehead atoms. The maximum atomic E-state index is 12.7. The van der Waals surface area contributed by atoms with Gasteiger partial charge >= 0.3 is 11.7 Å². The Morgan fingerprint density at radius 1 is 1.18 bits per heavy atom. The molecule has 0 aliphatic heterocycles. The van der Waals surface area contributed by atoms with Gasteiger partial charge in [0.05, 0.1) is 11.0 Å². The van der Waals surface area contributed by atoms with Crippen molar-refractivity contribution >= 4 is 17.1 Å². The molecule has 146 valence electrons. The molecule has 1 fully saturated rings. The quantitative estimate of drug-likeness (QED) is 0.589. The predicted octanol–water partition coefficient (Wildman–Crippen LogP) is 2.66. The van der Waals surface area contributed by atoms with Gasteiger partial charge in [-0.2, -0.15) is 0 Å². The number of carbonyl (C=O) groups excluding carboxylic acids is 1. The molecule has 2 aromatic carbocycles. The number of urea groups is 1. The van der Waals surface area contributed by atoms with Crippen molar-refractivity contribution in [2.45, 2.75) is 25.9 Å². The number of benzene rings is 2. The number of phenols is 1. The van der Waals surface area contributed by atoms with Crippen molar-refractivity contribution in [3.8, 4) is 5.75 Å². The van der Waals surface area contributed by atoms with Crippen molar-refractivity contribution in [2.75, 3.05) is 13.1 Å². The van der Waals surface area contributed by atoms with Gasteiger partial charge in [0.2, 0.25) is 0 Å². The van der Waals surface area contributed by atoms with E-state index in [4.69, 9.17) is 0 Å². The number of imidazole rings is 1. The summed E-state index contributed by atoms with van der Waals surface area (Å²) in [5.41, 5.74) is 2.43. The fourth-order valence-electron chi connectivity index (χ4n) is 3.37. The van der Waals surface area contributed by atoms with Crippen LogP contribution in [0.2, 0.25) is 0 Å². The van der Waals surface area contributed by atoms with Crippen LogP contribution in [0.4, 0.5) is 4.79 Å². The van der Waals surface area contributed by atoms with E-state index in [1.54, 1.807) is 16.7 Å². The summed E-state index contributed by atoms with van der Waals surface area (Å²) >= 11 is 0. The average molecular weight is 380 g/mol. The Morgan fingerprint density at radius 2 is 1.93 bits per heavy atom. The number of nitrogens with zero attached hydrogens (tertiary/aromatic N) is 2. The molecule has 0 saturated heterocycles. The first-order valence-electron chi connectivity index (χ1n) is 9.58. The first kappa shape index (κ1) is 18.2. The first-order valence-corrected chi connectivity index (χ1v) is 9.58. The van der Waals surface area contributed by atoms with Gasteiger partial charge in [0, 0.05) is 26.2 Å². The normalized spacial score (nSPS) is 13.6. The third-order valence-corrected chi connectivity index (χ3v) is 5.07. The molecule has 7 heteroatoms. The predicted molar refractivity (Wildman–Crippen MR) is 107 cm³/mol. The summed E-state index contributed by atoms with van der Waals surface area (Å²) in [6.07, 6.45) is 2.31. The van der Waals surface area contributed by atoms with Gasteiger partial charge in [0.25, 0.3) is 0 Å². The third-order valence-electron chi connectivity index (χ3n) is 5.07. The summed E-state index contributed by atoms with van der Waals surface area (Å²) in [7, 11) is 0. The lowest BCUT2D eigenvalue weighted by atomic mass is 10.2. The van der Waals surface area contributed by atoms with Crippen molar-refractivity contribution in [3.63, 3.8) is 0 Å². The number of aromatic hydroxyl groups is 1. The Balaban J connectivity index is 1.39. The zero-order valence-corrected chi connectivity index (χ0v) is 15.6. The third kappa shape index (κ3) is 4.19. The molecule has 3 aromatic rings. The van der Waals surface area contributed by atoms with Crippen LogP contribution < -0.4 is 11.0 Å². The van der Waals surface area contributed by atoms with Crippen molar-refractivity contribution in [2.24, 2.45) is 5.92 Å². The molecule has 1 aliphatic rings. The Hall–Kier alpha value is -3.22. The molecule has 1 heterocycles. The summed E-state index contributed by atoms with van der Waals surface area (Å²) in [5.74, 6) is 0.783. The molecular formula is C21H24N4O3. The zero-order valence-electron chi connectivity index (χ0n) is 15.6. The van der Waals surface area contributed by atoms with E-state index >= 15 is 0 Å². The number of hydrogen-bond acceptors (Lipinski definition) is 3. The van der Waals surface area contributed by atoms with E-state index in [2.05, 4.69) is 10.3 Å². The molecule has 28 heavy (non-hydrogen) atoms. The minimum atomic E-state index is -0.172. The second-order valence-electron chi connectivity index (χ2n) is 7.32. The molecule has 0 radical (unpaired) electrons. The number of rotatable bonds is 7. The lowest BCUT2D eigenvalue weighted by Gasteiger charge is -2.23.